The SMILES string of the molecule is CNc1ccc(Oc2ccc(C(F)(F)F)cc2)cc1. The van der Waals surface area contributed by atoms with Crippen molar-refractivity contribution in [3.05, 3.63) is 54.1 Å². The van der Waals surface area contributed by atoms with Crippen molar-refractivity contribution in [2.24, 2.45) is 0 Å². The van der Waals surface area contributed by atoms with Gasteiger partial charge in [-0.2, -0.15) is 13.2 Å². The first-order chi connectivity index (χ1) is 8.99. The van der Waals surface area contributed by atoms with E-state index in [1.165, 1.54) is 12.1 Å². The Bertz CT molecular complexity index is 532. The molecule has 0 unspecified atom stereocenters. The smallest absolute Gasteiger partial charge is 0.416 e. The van der Waals surface area contributed by atoms with Gasteiger partial charge in [0.05, 0.1) is 5.56 Å². The van der Waals surface area contributed by atoms with Gasteiger partial charge in [-0.3, -0.25) is 0 Å². The van der Waals surface area contributed by atoms with E-state index < -0.39 is 11.7 Å². The summed E-state index contributed by atoms with van der Waals surface area (Å²) >= 11 is 0. The number of nitrogens with one attached hydrogen (secondary N) is 1. The van der Waals surface area contributed by atoms with E-state index in [-0.39, 0.29) is 0 Å². The van der Waals surface area contributed by atoms with Gasteiger partial charge >= 0.3 is 6.18 Å². The summed E-state index contributed by atoms with van der Waals surface area (Å²) in [5.41, 5.74) is 0.241. The summed E-state index contributed by atoms with van der Waals surface area (Å²) in [6, 6.07) is 11.7. The van der Waals surface area contributed by atoms with E-state index in [9.17, 15) is 13.2 Å². The van der Waals surface area contributed by atoms with E-state index in [4.69, 9.17) is 4.74 Å². The van der Waals surface area contributed by atoms with E-state index in [0.29, 0.717) is 11.5 Å². The molecule has 0 aromatic heterocycles. The maximum Gasteiger partial charge on any atom is 0.416 e. The molecule has 0 saturated carbocycles. The van der Waals surface area contributed by atoms with Crippen LogP contribution in [0.1, 0.15) is 5.56 Å². The summed E-state index contributed by atoms with van der Waals surface area (Å²) in [6.07, 6.45) is -4.33. The van der Waals surface area contributed by atoms with Crippen molar-refractivity contribution in [2.75, 3.05) is 12.4 Å². The van der Waals surface area contributed by atoms with Crippen LogP contribution in [0.5, 0.6) is 11.5 Å². The summed E-state index contributed by atoms with van der Waals surface area (Å²) in [5.74, 6) is 0.934. The summed E-state index contributed by atoms with van der Waals surface area (Å²) in [4.78, 5) is 0. The molecular weight excluding hydrogens is 255 g/mol. The molecule has 2 nitrogen and oxygen atoms in total. The van der Waals surface area contributed by atoms with E-state index in [1.54, 1.807) is 19.2 Å². The Balaban J connectivity index is 2.10. The molecule has 0 aliphatic heterocycles. The maximum atomic E-state index is 12.4. The highest BCUT2D eigenvalue weighted by atomic mass is 19.4. The van der Waals surface area contributed by atoms with E-state index in [2.05, 4.69) is 5.32 Å². The van der Waals surface area contributed by atoms with Crippen LogP contribution in [0.4, 0.5) is 18.9 Å². The van der Waals surface area contributed by atoms with E-state index in [0.717, 1.165) is 17.8 Å². The predicted molar refractivity (Wildman–Crippen MR) is 67.5 cm³/mol. The minimum atomic E-state index is -4.33. The highest BCUT2D eigenvalue weighted by Gasteiger charge is 2.29. The molecule has 1 N–H and O–H groups in total. The van der Waals surface area contributed by atoms with Crippen molar-refractivity contribution in [2.45, 2.75) is 6.18 Å². The van der Waals surface area contributed by atoms with Gasteiger partial charge in [-0.1, -0.05) is 0 Å². The quantitative estimate of drug-likeness (QED) is 0.881. The number of ether oxygens (including phenoxy) is 1. The number of hydrogen-bond donors (Lipinski definition) is 1. The first kappa shape index (κ1) is 13.3. The van der Waals surface area contributed by atoms with Crippen molar-refractivity contribution in [3.63, 3.8) is 0 Å². The zero-order chi connectivity index (χ0) is 13.9. The van der Waals surface area contributed by atoms with Crippen LogP contribution in [0.2, 0.25) is 0 Å². The Morgan fingerprint density at radius 1 is 0.842 bits per heavy atom. The molecule has 2 rings (SSSR count). The van der Waals surface area contributed by atoms with Gasteiger partial charge in [0.2, 0.25) is 0 Å². The van der Waals surface area contributed by atoms with Gasteiger partial charge in [0.15, 0.2) is 0 Å². The molecule has 0 fully saturated rings. The van der Waals surface area contributed by atoms with Crippen molar-refractivity contribution in [1.29, 1.82) is 0 Å². The van der Waals surface area contributed by atoms with Crippen LogP contribution >= 0.6 is 0 Å². The van der Waals surface area contributed by atoms with Crippen LogP contribution in [0.25, 0.3) is 0 Å². The fourth-order valence-electron chi connectivity index (χ4n) is 1.54. The molecule has 0 radical (unpaired) electrons. The van der Waals surface area contributed by atoms with E-state index >= 15 is 0 Å². The molecule has 0 bridgehead atoms. The van der Waals surface area contributed by atoms with Crippen LogP contribution in [-0.2, 0) is 6.18 Å². The number of rotatable bonds is 3. The zero-order valence-corrected chi connectivity index (χ0v) is 10.2. The molecule has 0 spiro atoms. The maximum absolute atomic E-state index is 12.4. The molecule has 0 aliphatic carbocycles. The first-order valence-corrected chi connectivity index (χ1v) is 5.62. The van der Waals surface area contributed by atoms with Crippen molar-refractivity contribution < 1.29 is 17.9 Å². The van der Waals surface area contributed by atoms with Crippen LogP contribution in [-0.4, -0.2) is 7.05 Å². The highest BCUT2D eigenvalue weighted by molar-refractivity contribution is 5.46. The number of halogens is 3. The Morgan fingerprint density at radius 3 is 1.74 bits per heavy atom. The lowest BCUT2D eigenvalue weighted by Gasteiger charge is -2.09. The second kappa shape index (κ2) is 5.22. The van der Waals surface area contributed by atoms with Gasteiger partial charge in [0.25, 0.3) is 0 Å². The molecule has 0 amide bonds. The zero-order valence-electron chi connectivity index (χ0n) is 10.2. The molecule has 0 aliphatic rings. The minimum Gasteiger partial charge on any atom is -0.457 e. The molecular formula is C14H12F3NO. The third-order valence-corrected chi connectivity index (χ3v) is 2.56. The Morgan fingerprint density at radius 2 is 1.32 bits per heavy atom. The van der Waals surface area contributed by atoms with Gasteiger partial charge in [0, 0.05) is 12.7 Å². The lowest BCUT2D eigenvalue weighted by atomic mass is 10.2. The fraction of sp³-hybridized carbons (Fsp3) is 0.143. The second-order valence-electron chi connectivity index (χ2n) is 3.90. The fourth-order valence-corrected chi connectivity index (χ4v) is 1.54. The summed E-state index contributed by atoms with van der Waals surface area (Å²) < 4.78 is 42.6. The van der Waals surface area contributed by atoms with Gasteiger partial charge in [-0.25, -0.2) is 0 Å². The Labute approximate surface area is 108 Å². The van der Waals surface area contributed by atoms with Crippen molar-refractivity contribution >= 4 is 5.69 Å². The molecule has 2 aromatic carbocycles. The third-order valence-electron chi connectivity index (χ3n) is 2.56. The second-order valence-corrected chi connectivity index (χ2v) is 3.90. The van der Waals surface area contributed by atoms with Gasteiger partial charge in [0.1, 0.15) is 11.5 Å². The predicted octanol–water partition coefficient (Wildman–Crippen LogP) is 4.54. The number of alkyl halides is 3. The molecule has 0 saturated heterocycles. The summed E-state index contributed by atoms with van der Waals surface area (Å²) in [5, 5.41) is 2.96. The van der Waals surface area contributed by atoms with Gasteiger partial charge in [-0.15, -0.1) is 0 Å². The number of hydrogen-bond acceptors (Lipinski definition) is 2. The molecule has 100 valence electrons. The summed E-state index contributed by atoms with van der Waals surface area (Å²) in [7, 11) is 1.80. The average Bonchev–Trinajstić information content (AvgIpc) is 2.39. The van der Waals surface area contributed by atoms with Gasteiger partial charge in [-0.05, 0) is 48.5 Å². The lowest BCUT2D eigenvalue weighted by Crippen LogP contribution is -2.03. The van der Waals surface area contributed by atoms with Crippen molar-refractivity contribution in [1.82, 2.24) is 0 Å². The van der Waals surface area contributed by atoms with E-state index in [1.807, 2.05) is 12.1 Å². The Hall–Kier alpha value is -2.17. The normalized spacial score (nSPS) is 11.2. The van der Waals surface area contributed by atoms with Crippen molar-refractivity contribution in [3.8, 4) is 11.5 Å². The Kier molecular flexibility index (Phi) is 3.64. The molecule has 19 heavy (non-hydrogen) atoms. The molecule has 5 heteroatoms. The number of benzene rings is 2. The van der Waals surface area contributed by atoms with Gasteiger partial charge < -0.3 is 10.1 Å². The number of anilines is 1. The molecule has 2 aromatic rings. The molecule has 0 atom stereocenters. The minimum absolute atomic E-state index is 0.366. The van der Waals surface area contributed by atoms with Crippen LogP contribution in [0.15, 0.2) is 48.5 Å². The average molecular weight is 267 g/mol. The topological polar surface area (TPSA) is 21.3 Å². The van der Waals surface area contributed by atoms with Crippen LogP contribution in [0.3, 0.4) is 0 Å². The largest absolute Gasteiger partial charge is 0.457 e. The lowest BCUT2D eigenvalue weighted by molar-refractivity contribution is -0.137. The third kappa shape index (κ3) is 3.40. The highest BCUT2D eigenvalue weighted by Crippen LogP contribution is 2.31. The van der Waals surface area contributed by atoms with Crippen LogP contribution < -0.4 is 10.1 Å². The van der Waals surface area contributed by atoms with Crippen LogP contribution in [0, 0.1) is 0 Å². The first-order valence-electron chi connectivity index (χ1n) is 5.62. The standard InChI is InChI=1S/C14H12F3NO/c1-18-11-4-8-13(9-5-11)19-12-6-2-10(3-7-12)14(15,16)17/h2-9,18H,1H3. The monoisotopic (exact) mass is 267 g/mol. The molecule has 0 heterocycles. The summed E-state index contributed by atoms with van der Waals surface area (Å²) in [6.45, 7) is 0.